The second kappa shape index (κ2) is 13.0. The number of nitriles is 2. The maximum absolute atomic E-state index is 12.6. The monoisotopic (exact) mass is 430 g/mol. The molecule has 2 heterocycles. The number of hydrogen-bond donors (Lipinski definition) is 1. The van der Waals surface area contributed by atoms with Gasteiger partial charge >= 0.3 is 0 Å². The molecule has 166 valence electrons. The fourth-order valence-corrected chi connectivity index (χ4v) is 5.76. The van der Waals surface area contributed by atoms with Gasteiger partial charge in [0.1, 0.15) is 5.92 Å². The Morgan fingerprint density at radius 1 is 1.03 bits per heavy atom. The molecule has 5 nitrogen and oxygen atoms in total. The summed E-state index contributed by atoms with van der Waals surface area (Å²) in [6.45, 7) is 3.88. The molecule has 1 spiro atoms. The number of nitrogens with zero attached hydrogens (tertiary/aromatic N) is 3. The summed E-state index contributed by atoms with van der Waals surface area (Å²) < 4.78 is 0. The number of rotatable bonds is 12. The largest absolute Gasteiger partial charge is 0.319 e. The Kier molecular flexibility index (Phi) is 10.8. The summed E-state index contributed by atoms with van der Waals surface area (Å²) in [5.74, 6) is -0.0843. The molecule has 0 radical (unpaired) electrons. The van der Waals surface area contributed by atoms with Crippen molar-refractivity contribution < 1.29 is 4.79 Å². The van der Waals surface area contributed by atoms with Gasteiger partial charge in [-0.15, -0.1) is 11.8 Å². The number of hydrogen-bond acceptors (Lipinski definition) is 5. The predicted octanol–water partition coefficient (Wildman–Crippen LogP) is 5.36. The van der Waals surface area contributed by atoms with Crippen LogP contribution >= 0.6 is 11.8 Å². The molecule has 2 aliphatic rings. The van der Waals surface area contributed by atoms with Crippen LogP contribution in [0.4, 0.5) is 0 Å². The number of likely N-dealkylation sites (tertiary alicyclic amines) is 1. The third-order valence-electron chi connectivity index (χ3n) is 6.64. The van der Waals surface area contributed by atoms with Crippen molar-refractivity contribution in [1.29, 1.82) is 10.5 Å². The third-order valence-corrected chi connectivity index (χ3v) is 7.73. The lowest BCUT2D eigenvalue weighted by molar-refractivity contribution is -0.127. The number of thioether (sulfide) groups is 1. The molecule has 1 atom stereocenters. The second-order valence-electron chi connectivity index (χ2n) is 8.86. The second-order valence-corrected chi connectivity index (χ2v) is 9.96. The van der Waals surface area contributed by atoms with Gasteiger partial charge in [0, 0.05) is 5.41 Å². The van der Waals surface area contributed by atoms with Crippen LogP contribution in [0.2, 0.25) is 0 Å². The Morgan fingerprint density at radius 3 is 2.13 bits per heavy atom. The lowest BCUT2D eigenvalue weighted by Gasteiger charge is -2.45. The molecular formula is C24H38N4OS. The molecule has 0 bridgehead atoms. The SMILES string of the molecule is CCCCCCCCCCCCSC1=C(C#N)C2(CCN(C)CC2)[C@@H](C#N)C(=O)N1. The summed E-state index contributed by atoms with van der Waals surface area (Å²) in [4.78, 5) is 14.9. The first-order valence-corrected chi connectivity index (χ1v) is 12.7. The Balaban J connectivity index is 1.83. The van der Waals surface area contributed by atoms with Crippen LogP contribution in [0.15, 0.2) is 10.6 Å². The van der Waals surface area contributed by atoms with Crippen LogP contribution in [0.3, 0.4) is 0 Å². The summed E-state index contributed by atoms with van der Waals surface area (Å²) in [5, 5.41) is 23.2. The maximum Gasteiger partial charge on any atom is 0.243 e. The van der Waals surface area contributed by atoms with Crippen LogP contribution in [0, 0.1) is 34.0 Å². The number of unbranched alkanes of at least 4 members (excludes halogenated alkanes) is 9. The summed E-state index contributed by atoms with van der Waals surface area (Å²) >= 11 is 1.59. The van der Waals surface area contributed by atoms with Crippen LogP contribution in [-0.4, -0.2) is 36.7 Å². The molecule has 30 heavy (non-hydrogen) atoms. The van der Waals surface area contributed by atoms with Crippen molar-refractivity contribution in [3.63, 3.8) is 0 Å². The number of nitrogens with one attached hydrogen (secondary N) is 1. The van der Waals surface area contributed by atoms with Gasteiger partial charge in [-0.2, -0.15) is 10.5 Å². The molecule has 0 aromatic rings. The van der Waals surface area contributed by atoms with Crippen LogP contribution in [-0.2, 0) is 4.79 Å². The van der Waals surface area contributed by atoms with Crippen molar-refractivity contribution >= 4 is 17.7 Å². The normalized spacial score (nSPS) is 21.3. The molecule has 2 rings (SSSR count). The lowest BCUT2D eigenvalue weighted by atomic mass is 9.63. The smallest absolute Gasteiger partial charge is 0.243 e. The van der Waals surface area contributed by atoms with Crippen molar-refractivity contribution in [1.82, 2.24) is 10.2 Å². The van der Waals surface area contributed by atoms with Gasteiger partial charge in [-0.25, -0.2) is 0 Å². The van der Waals surface area contributed by atoms with Gasteiger partial charge in [0.05, 0.1) is 22.7 Å². The van der Waals surface area contributed by atoms with Crippen LogP contribution in [0.25, 0.3) is 0 Å². The van der Waals surface area contributed by atoms with E-state index in [0.29, 0.717) is 23.4 Å². The van der Waals surface area contributed by atoms with E-state index >= 15 is 0 Å². The van der Waals surface area contributed by atoms with E-state index in [1.807, 2.05) is 7.05 Å². The molecule has 1 N–H and O–H groups in total. The van der Waals surface area contributed by atoms with Gasteiger partial charge in [0.25, 0.3) is 0 Å². The zero-order chi connectivity index (χ0) is 21.8. The minimum absolute atomic E-state index is 0.230. The molecule has 0 aliphatic carbocycles. The molecule has 0 saturated carbocycles. The van der Waals surface area contributed by atoms with Crippen molar-refractivity contribution in [2.75, 3.05) is 25.9 Å². The van der Waals surface area contributed by atoms with Gasteiger partial charge in [-0.05, 0) is 45.2 Å². The van der Waals surface area contributed by atoms with E-state index in [9.17, 15) is 15.3 Å². The Bertz CT molecular complexity index is 668. The molecule has 1 saturated heterocycles. The molecule has 0 aromatic carbocycles. The van der Waals surface area contributed by atoms with Crippen molar-refractivity contribution in [2.24, 2.45) is 11.3 Å². The van der Waals surface area contributed by atoms with Crippen LogP contribution in [0.1, 0.15) is 84.0 Å². The van der Waals surface area contributed by atoms with Gasteiger partial charge < -0.3 is 10.2 Å². The summed E-state index contributed by atoms with van der Waals surface area (Å²) in [6.07, 6.45) is 14.4. The fourth-order valence-electron chi connectivity index (χ4n) is 4.64. The topological polar surface area (TPSA) is 79.9 Å². The zero-order valence-corrected chi connectivity index (χ0v) is 19.7. The van der Waals surface area contributed by atoms with E-state index in [2.05, 4.69) is 29.3 Å². The highest BCUT2D eigenvalue weighted by Gasteiger charge is 2.52. The van der Waals surface area contributed by atoms with Crippen molar-refractivity contribution in [3.05, 3.63) is 10.6 Å². The van der Waals surface area contributed by atoms with E-state index in [4.69, 9.17) is 0 Å². The zero-order valence-electron chi connectivity index (χ0n) is 18.8. The molecule has 0 unspecified atom stereocenters. The minimum Gasteiger partial charge on any atom is -0.319 e. The average Bonchev–Trinajstić information content (AvgIpc) is 2.74. The van der Waals surface area contributed by atoms with Gasteiger partial charge in [0.2, 0.25) is 5.91 Å². The van der Waals surface area contributed by atoms with E-state index in [-0.39, 0.29) is 5.91 Å². The number of piperidine rings is 1. The quantitative estimate of drug-likeness (QED) is 0.422. The average molecular weight is 431 g/mol. The Hall–Kier alpha value is -1.50. The number of allylic oxidation sites excluding steroid dienone is 1. The third kappa shape index (κ3) is 6.50. The number of carbonyl (C=O) groups is 1. The van der Waals surface area contributed by atoms with E-state index in [0.717, 1.165) is 25.3 Å². The Labute approximate surface area is 187 Å². The lowest BCUT2D eigenvalue weighted by Crippen LogP contribution is -2.52. The van der Waals surface area contributed by atoms with Gasteiger partial charge in [-0.3, -0.25) is 4.79 Å². The molecular weight excluding hydrogens is 392 g/mol. The van der Waals surface area contributed by atoms with E-state index < -0.39 is 11.3 Å². The fraction of sp³-hybridized carbons (Fsp3) is 0.792. The van der Waals surface area contributed by atoms with Crippen LogP contribution < -0.4 is 5.32 Å². The summed E-state index contributed by atoms with van der Waals surface area (Å²) in [5.41, 5.74) is 0.0252. The summed E-state index contributed by atoms with van der Waals surface area (Å²) in [6, 6.07) is 4.58. The standard InChI is InChI=1S/C24H38N4OS/c1-3-4-5-6-7-8-9-10-11-12-17-30-23-21(19-26)24(13-15-28(2)16-14-24)20(18-25)22(29)27-23/h20H,3-17H2,1-2H3,(H,27,29)/t20-/m0/s1. The van der Waals surface area contributed by atoms with Gasteiger partial charge in [-0.1, -0.05) is 64.7 Å². The number of carbonyl (C=O) groups excluding carboxylic acids is 1. The first kappa shape index (κ1) is 24.8. The highest BCUT2D eigenvalue weighted by atomic mass is 32.2. The van der Waals surface area contributed by atoms with Crippen molar-refractivity contribution in [2.45, 2.75) is 84.0 Å². The highest BCUT2D eigenvalue weighted by Crippen LogP contribution is 2.49. The van der Waals surface area contributed by atoms with Crippen LogP contribution in [0.5, 0.6) is 0 Å². The molecule has 6 heteroatoms. The van der Waals surface area contributed by atoms with Gasteiger partial charge in [0.15, 0.2) is 0 Å². The molecule has 1 amide bonds. The first-order valence-electron chi connectivity index (χ1n) is 11.8. The first-order chi connectivity index (χ1) is 14.6. The summed E-state index contributed by atoms with van der Waals surface area (Å²) in [7, 11) is 2.05. The molecule has 2 aliphatic heterocycles. The molecule has 0 aromatic heterocycles. The Morgan fingerprint density at radius 2 is 1.60 bits per heavy atom. The van der Waals surface area contributed by atoms with E-state index in [1.54, 1.807) is 11.8 Å². The molecule has 1 fully saturated rings. The van der Waals surface area contributed by atoms with E-state index in [1.165, 1.54) is 57.8 Å². The minimum atomic E-state index is -0.762. The predicted molar refractivity (Wildman–Crippen MR) is 123 cm³/mol. The maximum atomic E-state index is 12.6. The number of amides is 1. The highest BCUT2D eigenvalue weighted by molar-refractivity contribution is 8.03. The van der Waals surface area contributed by atoms with Crippen molar-refractivity contribution in [3.8, 4) is 12.1 Å².